The largest absolute Gasteiger partial charge is 0.496 e. The van der Waals surface area contributed by atoms with Crippen LogP contribution in [0.3, 0.4) is 0 Å². The van der Waals surface area contributed by atoms with Gasteiger partial charge in [-0.1, -0.05) is 22.8 Å². The molecule has 0 aliphatic heterocycles. The van der Waals surface area contributed by atoms with Crippen LogP contribution in [0.5, 0.6) is 5.75 Å². The van der Waals surface area contributed by atoms with Crippen LogP contribution in [0.15, 0.2) is 64.3 Å². The van der Waals surface area contributed by atoms with Crippen molar-refractivity contribution in [3.8, 4) is 17.0 Å². The number of aromatic nitrogens is 2. The van der Waals surface area contributed by atoms with Gasteiger partial charge in [0.25, 0.3) is 0 Å². The molecule has 0 spiro atoms. The molecule has 0 bridgehead atoms. The first kappa shape index (κ1) is 21.1. The van der Waals surface area contributed by atoms with E-state index in [1.165, 1.54) is 31.7 Å². The Hall–Kier alpha value is -3.11. The van der Waals surface area contributed by atoms with Crippen LogP contribution in [0.2, 0.25) is 5.02 Å². The zero-order valence-electron chi connectivity index (χ0n) is 15.7. The second kappa shape index (κ2) is 8.20. The van der Waals surface area contributed by atoms with Crippen molar-refractivity contribution in [1.82, 2.24) is 10.1 Å². The lowest BCUT2D eigenvalue weighted by atomic mass is 10.0. The fourth-order valence-corrected chi connectivity index (χ4v) is 4.14. The molecule has 11 heteroatoms. The Morgan fingerprint density at radius 2 is 1.97 bits per heavy atom. The number of alkyl halides is 3. The van der Waals surface area contributed by atoms with Gasteiger partial charge in [-0.15, -0.1) is 0 Å². The van der Waals surface area contributed by atoms with E-state index in [0.717, 1.165) is 6.07 Å². The van der Waals surface area contributed by atoms with Crippen LogP contribution in [0.25, 0.3) is 22.0 Å². The van der Waals surface area contributed by atoms with Crippen LogP contribution in [-0.2, 0) is 17.2 Å². The summed E-state index contributed by atoms with van der Waals surface area (Å²) in [7, 11) is -0.334. The minimum Gasteiger partial charge on any atom is -0.496 e. The van der Waals surface area contributed by atoms with Crippen LogP contribution in [0.1, 0.15) is 5.56 Å². The fourth-order valence-electron chi connectivity index (χ4n) is 3.03. The van der Waals surface area contributed by atoms with Crippen molar-refractivity contribution in [2.75, 3.05) is 11.8 Å². The van der Waals surface area contributed by atoms with E-state index in [0.29, 0.717) is 32.7 Å². The smallest absolute Gasteiger partial charge is 0.417 e. The molecule has 4 rings (SSSR count). The van der Waals surface area contributed by atoms with Crippen LogP contribution in [0, 0.1) is 0 Å². The Kier molecular flexibility index (Phi) is 5.59. The van der Waals surface area contributed by atoms with Crippen molar-refractivity contribution in [2.24, 2.45) is 0 Å². The molecule has 1 N–H and O–H groups in total. The molecule has 0 amide bonds. The predicted molar refractivity (Wildman–Crippen MR) is 110 cm³/mol. The number of benzene rings is 2. The molecular formula is C20H13ClF3N3O3S. The quantitative estimate of drug-likeness (QED) is 0.407. The van der Waals surface area contributed by atoms with Gasteiger partial charge in [-0.3, -0.25) is 9.71 Å². The Balaban J connectivity index is 1.79. The monoisotopic (exact) mass is 467 g/mol. The Labute approximate surface area is 181 Å². The van der Waals surface area contributed by atoms with E-state index in [1.807, 2.05) is 0 Å². The van der Waals surface area contributed by atoms with Crippen LogP contribution >= 0.6 is 11.6 Å². The number of pyridine rings is 1. The summed E-state index contributed by atoms with van der Waals surface area (Å²) >= 11 is 5.91. The van der Waals surface area contributed by atoms with Gasteiger partial charge in [0.05, 0.1) is 28.3 Å². The van der Waals surface area contributed by atoms with Gasteiger partial charge in [0, 0.05) is 23.2 Å². The highest BCUT2D eigenvalue weighted by molar-refractivity contribution is 7.86. The lowest BCUT2D eigenvalue weighted by Gasteiger charge is -2.15. The average molecular weight is 468 g/mol. The number of nitrogens with zero attached hydrogens (tertiary/aromatic N) is 2. The molecule has 2 aromatic carbocycles. The average Bonchev–Trinajstić information content (AvgIpc) is 3.24. The van der Waals surface area contributed by atoms with Gasteiger partial charge in [0.2, 0.25) is 0 Å². The summed E-state index contributed by atoms with van der Waals surface area (Å²) in [6.07, 6.45) is -1.77. The molecule has 6 nitrogen and oxygen atoms in total. The number of hydrogen-bond acceptors (Lipinski definition) is 5. The summed E-state index contributed by atoms with van der Waals surface area (Å²) in [6.45, 7) is 0. The molecular weight excluding hydrogens is 455 g/mol. The number of fused-ring (bicyclic) bond motifs is 1. The number of rotatable bonds is 5. The molecule has 0 radical (unpaired) electrons. The molecule has 0 fully saturated rings. The maximum absolute atomic E-state index is 13.2. The van der Waals surface area contributed by atoms with Gasteiger partial charge in [-0.25, -0.2) is 4.21 Å². The Bertz CT molecular complexity index is 1280. The number of anilines is 1. The van der Waals surface area contributed by atoms with Gasteiger partial charge in [0.15, 0.2) is 16.8 Å². The van der Waals surface area contributed by atoms with E-state index in [-0.39, 0.29) is 5.75 Å². The first-order chi connectivity index (χ1) is 14.8. The molecule has 160 valence electrons. The van der Waals surface area contributed by atoms with Crippen molar-refractivity contribution >= 4 is 39.2 Å². The number of ether oxygens (including phenoxy) is 1. The lowest BCUT2D eigenvalue weighted by Crippen LogP contribution is -2.07. The summed E-state index contributed by atoms with van der Waals surface area (Å²) in [5.74, 6) is 0.301. The van der Waals surface area contributed by atoms with E-state index in [1.54, 1.807) is 24.3 Å². The predicted octanol–water partition coefficient (Wildman–Crippen LogP) is 5.71. The molecule has 1 atom stereocenters. The molecule has 1 unspecified atom stereocenters. The number of methoxy groups -OCH3 is 1. The molecule has 4 aromatic rings. The fraction of sp³-hybridized carbons (Fsp3) is 0.100. The van der Waals surface area contributed by atoms with E-state index in [2.05, 4.69) is 14.9 Å². The summed E-state index contributed by atoms with van der Waals surface area (Å²) in [6, 6.07) is 10.2. The number of halogens is 4. The van der Waals surface area contributed by atoms with Crippen molar-refractivity contribution in [2.45, 2.75) is 11.1 Å². The number of hydrogen-bond donors (Lipinski definition) is 1. The van der Waals surface area contributed by atoms with Gasteiger partial charge >= 0.3 is 6.18 Å². The van der Waals surface area contributed by atoms with Gasteiger partial charge in [-0.2, -0.15) is 13.2 Å². The van der Waals surface area contributed by atoms with E-state index in [9.17, 15) is 17.4 Å². The molecule has 0 saturated heterocycles. The zero-order chi connectivity index (χ0) is 22.2. The summed E-state index contributed by atoms with van der Waals surface area (Å²) in [5, 5.41) is 4.49. The minimum atomic E-state index is -4.62. The second-order valence-electron chi connectivity index (χ2n) is 6.33. The Morgan fingerprint density at radius 1 is 1.16 bits per heavy atom. The molecule has 2 aromatic heterocycles. The van der Waals surface area contributed by atoms with Crippen molar-refractivity contribution in [3.05, 3.63) is 65.5 Å². The summed E-state index contributed by atoms with van der Waals surface area (Å²) in [4.78, 5) is 4.78. The third-order valence-corrected chi connectivity index (χ3v) is 5.82. The van der Waals surface area contributed by atoms with E-state index in [4.69, 9.17) is 20.9 Å². The third kappa shape index (κ3) is 4.21. The Morgan fingerprint density at radius 3 is 2.65 bits per heavy atom. The molecule has 0 aliphatic rings. The maximum Gasteiger partial charge on any atom is 0.417 e. The normalized spacial score (nSPS) is 12.7. The van der Waals surface area contributed by atoms with Gasteiger partial charge in [0.1, 0.15) is 12.0 Å². The van der Waals surface area contributed by atoms with Crippen molar-refractivity contribution in [1.29, 1.82) is 0 Å². The molecule has 2 heterocycles. The van der Waals surface area contributed by atoms with Gasteiger partial charge in [-0.05, 0) is 35.7 Å². The molecule has 0 saturated carbocycles. The highest BCUT2D eigenvalue weighted by Crippen LogP contribution is 2.42. The van der Waals surface area contributed by atoms with Crippen molar-refractivity contribution in [3.63, 3.8) is 0 Å². The molecule has 31 heavy (non-hydrogen) atoms. The standard InChI is InChI=1S/C20H13ClF3N3O3S/c1-29-17-10-15(20(22,23)24)16(21)9-14(17)19-13-3-2-12(8-11(13)4-6-25-19)31(28)27-18-5-7-30-26-18/h2-10H,1H3,(H,26,27). The maximum atomic E-state index is 13.2. The topological polar surface area (TPSA) is 77.2 Å². The van der Waals surface area contributed by atoms with Crippen molar-refractivity contribution < 1.29 is 26.6 Å². The first-order valence-corrected chi connectivity index (χ1v) is 10.2. The third-order valence-electron chi connectivity index (χ3n) is 4.43. The van der Waals surface area contributed by atoms with Crippen LogP contribution in [-0.4, -0.2) is 21.5 Å². The van der Waals surface area contributed by atoms with Crippen LogP contribution in [0.4, 0.5) is 19.0 Å². The van der Waals surface area contributed by atoms with E-state index < -0.39 is 27.7 Å². The molecule has 0 aliphatic carbocycles. The number of nitrogens with one attached hydrogen (secondary N) is 1. The highest BCUT2D eigenvalue weighted by Gasteiger charge is 2.34. The van der Waals surface area contributed by atoms with E-state index >= 15 is 0 Å². The summed E-state index contributed by atoms with van der Waals surface area (Å²) in [5.41, 5.74) is -0.306. The van der Waals surface area contributed by atoms with Crippen LogP contribution < -0.4 is 9.46 Å². The zero-order valence-corrected chi connectivity index (χ0v) is 17.3. The highest BCUT2D eigenvalue weighted by atomic mass is 35.5. The first-order valence-electron chi connectivity index (χ1n) is 8.70. The summed E-state index contributed by atoms with van der Waals surface area (Å²) < 4.78 is 64.8. The minimum absolute atomic E-state index is 0.0166. The lowest BCUT2D eigenvalue weighted by molar-refractivity contribution is -0.137. The second-order valence-corrected chi connectivity index (χ2v) is 7.95. The SMILES string of the molecule is COc1cc(C(F)(F)F)c(Cl)cc1-c1nccc2cc(S(=O)Nc3ccon3)ccc12. The van der Waals surface area contributed by atoms with Gasteiger partial charge < -0.3 is 9.26 Å².